The minimum atomic E-state index is -0.802. The van der Waals surface area contributed by atoms with Gasteiger partial charge in [-0.3, -0.25) is 24.2 Å². The van der Waals surface area contributed by atoms with Crippen molar-refractivity contribution in [3.63, 3.8) is 0 Å². The van der Waals surface area contributed by atoms with Gasteiger partial charge in [-0.25, -0.2) is 0 Å². The summed E-state index contributed by atoms with van der Waals surface area (Å²) in [4.78, 5) is 41.8. The Bertz CT molecular complexity index is 943. The topological polar surface area (TPSA) is 76.2 Å². The lowest BCUT2D eigenvalue weighted by atomic mass is 10.1. The molecule has 30 heavy (non-hydrogen) atoms. The Hall–Kier alpha value is -2.84. The van der Waals surface area contributed by atoms with E-state index in [1.807, 2.05) is 24.5 Å². The summed E-state index contributed by atoms with van der Waals surface area (Å²) in [6, 6.07) is 11.7. The molecule has 1 unspecified atom stereocenters. The average Bonchev–Trinajstić information content (AvgIpc) is 3.01. The van der Waals surface area contributed by atoms with Crippen LogP contribution in [0.25, 0.3) is 0 Å². The van der Waals surface area contributed by atoms with E-state index in [9.17, 15) is 14.4 Å². The van der Waals surface area contributed by atoms with E-state index in [4.69, 9.17) is 9.47 Å². The fourth-order valence-electron chi connectivity index (χ4n) is 3.48. The summed E-state index contributed by atoms with van der Waals surface area (Å²) in [5, 5.41) is 0. The van der Waals surface area contributed by atoms with Crippen LogP contribution in [0.2, 0.25) is 0 Å². The molecule has 1 atom stereocenters. The largest absolute Gasteiger partial charge is 0.496 e. The van der Waals surface area contributed by atoms with Crippen molar-refractivity contribution in [3.8, 4) is 5.75 Å². The first-order valence-corrected chi connectivity index (χ1v) is 10.6. The zero-order valence-electron chi connectivity index (χ0n) is 17.4. The van der Waals surface area contributed by atoms with Gasteiger partial charge in [-0.05, 0) is 43.1 Å². The van der Waals surface area contributed by atoms with E-state index < -0.39 is 23.8 Å². The van der Waals surface area contributed by atoms with Gasteiger partial charge in [-0.1, -0.05) is 18.2 Å². The summed E-state index contributed by atoms with van der Waals surface area (Å²) in [7, 11) is 4.67. The van der Waals surface area contributed by atoms with Gasteiger partial charge >= 0.3 is 5.97 Å². The Morgan fingerprint density at radius 1 is 1.10 bits per heavy atom. The zero-order chi connectivity index (χ0) is 21.8. The first-order valence-electron chi connectivity index (χ1n) is 9.35. The van der Waals surface area contributed by atoms with Gasteiger partial charge in [0.1, 0.15) is 11.8 Å². The number of likely N-dealkylation sites (N-methyl/N-ethyl adjacent to an activating group) is 1. The number of methoxy groups -OCH3 is 2. The normalized spacial score (nSPS) is 14.1. The number of rotatable bonds is 8. The Balaban J connectivity index is 1.81. The van der Waals surface area contributed by atoms with Gasteiger partial charge in [-0.2, -0.15) is 0 Å². The fourth-order valence-corrected chi connectivity index (χ4v) is 4.03. The summed E-state index contributed by atoms with van der Waals surface area (Å²) < 4.78 is 10.4. The number of thioether (sulfide) groups is 1. The summed E-state index contributed by atoms with van der Waals surface area (Å²) in [6.07, 6.45) is 1.97. The van der Waals surface area contributed by atoms with Crippen molar-refractivity contribution in [2.24, 2.45) is 0 Å². The van der Waals surface area contributed by atoms with Crippen LogP contribution in [-0.4, -0.2) is 67.7 Å². The molecule has 0 fully saturated rings. The van der Waals surface area contributed by atoms with Crippen molar-refractivity contribution in [1.82, 2.24) is 9.80 Å². The SMILES string of the molecule is COC(=O)C(CN1C(=O)c2ccccc2C1=O)N(C)Cc1ccc(SC)c(OC)c1. The molecule has 2 aromatic carbocycles. The van der Waals surface area contributed by atoms with Crippen LogP contribution in [0.3, 0.4) is 0 Å². The Labute approximate surface area is 179 Å². The number of hydrogen-bond donors (Lipinski definition) is 0. The molecule has 0 saturated carbocycles. The highest BCUT2D eigenvalue weighted by Gasteiger charge is 2.39. The third kappa shape index (κ3) is 4.20. The number of hydrogen-bond acceptors (Lipinski definition) is 7. The molecule has 1 aliphatic heterocycles. The molecule has 0 radical (unpaired) electrons. The molecule has 7 nitrogen and oxygen atoms in total. The van der Waals surface area contributed by atoms with E-state index >= 15 is 0 Å². The second kappa shape index (κ2) is 9.32. The quantitative estimate of drug-likeness (QED) is 0.363. The number of carbonyl (C=O) groups excluding carboxylic acids is 3. The van der Waals surface area contributed by atoms with Crippen LogP contribution in [0.4, 0.5) is 0 Å². The van der Waals surface area contributed by atoms with Crippen molar-refractivity contribution in [3.05, 3.63) is 59.2 Å². The number of ether oxygens (including phenoxy) is 2. The molecule has 2 aromatic rings. The molecule has 0 N–H and O–H groups in total. The molecule has 2 amide bonds. The number of carbonyl (C=O) groups is 3. The van der Waals surface area contributed by atoms with Gasteiger partial charge < -0.3 is 9.47 Å². The van der Waals surface area contributed by atoms with E-state index in [0.717, 1.165) is 21.1 Å². The highest BCUT2D eigenvalue weighted by molar-refractivity contribution is 7.98. The van der Waals surface area contributed by atoms with E-state index in [-0.39, 0.29) is 6.54 Å². The van der Waals surface area contributed by atoms with Crippen LogP contribution in [0.1, 0.15) is 26.3 Å². The molecular weight excluding hydrogens is 404 g/mol. The van der Waals surface area contributed by atoms with Crippen molar-refractivity contribution in [2.75, 3.05) is 34.1 Å². The summed E-state index contributed by atoms with van der Waals surface area (Å²) >= 11 is 1.58. The lowest BCUT2D eigenvalue weighted by Crippen LogP contribution is -2.48. The monoisotopic (exact) mass is 428 g/mol. The number of fused-ring (bicyclic) bond motifs is 1. The molecule has 0 aliphatic carbocycles. The molecule has 8 heteroatoms. The smallest absolute Gasteiger partial charge is 0.324 e. The van der Waals surface area contributed by atoms with Crippen LogP contribution >= 0.6 is 11.8 Å². The standard InChI is InChI=1S/C22H24N2O5S/c1-23(12-14-9-10-19(30-4)18(11-14)28-2)17(22(27)29-3)13-24-20(25)15-7-5-6-8-16(15)21(24)26/h5-11,17H,12-13H2,1-4H3. The first-order chi connectivity index (χ1) is 14.4. The van der Waals surface area contributed by atoms with E-state index in [1.54, 1.807) is 55.1 Å². The summed E-state index contributed by atoms with van der Waals surface area (Å²) in [5.41, 5.74) is 1.64. The Kier molecular flexibility index (Phi) is 6.79. The van der Waals surface area contributed by atoms with Crippen molar-refractivity contribution >= 4 is 29.5 Å². The third-order valence-electron chi connectivity index (χ3n) is 5.12. The fraction of sp³-hybridized carbons (Fsp3) is 0.318. The highest BCUT2D eigenvalue weighted by atomic mass is 32.2. The number of benzene rings is 2. The molecule has 0 saturated heterocycles. The minimum Gasteiger partial charge on any atom is -0.496 e. The highest BCUT2D eigenvalue weighted by Crippen LogP contribution is 2.29. The number of esters is 1. The van der Waals surface area contributed by atoms with Gasteiger partial charge in [-0.15, -0.1) is 11.8 Å². The Morgan fingerprint density at radius 2 is 1.73 bits per heavy atom. The third-order valence-corrected chi connectivity index (χ3v) is 5.90. The maximum absolute atomic E-state index is 12.7. The lowest BCUT2D eigenvalue weighted by molar-refractivity contribution is -0.146. The predicted molar refractivity (Wildman–Crippen MR) is 114 cm³/mol. The predicted octanol–water partition coefficient (Wildman–Crippen LogP) is 2.69. The van der Waals surface area contributed by atoms with Crippen LogP contribution in [0, 0.1) is 0 Å². The molecule has 1 heterocycles. The van der Waals surface area contributed by atoms with Gasteiger partial charge in [0.15, 0.2) is 0 Å². The minimum absolute atomic E-state index is 0.0877. The van der Waals surface area contributed by atoms with Crippen molar-refractivity contribution in [1.29, 1.82) is 0 Å². The van der Waals surface area contributed by atoms with Gasteiger partial charge in [0.05, 0.1) is 31.9 Å². The van der Waals surface area contributed by atoms with E-state index in [0.29, 0.717) is 17.7 Å². The van der Waals surface area contributed by atoms with Gasteiger partial charge in [0.2, 0.25) is 0 Å². The second-order valence-electron chi connectivity index (χ2n) is 6.91. The first kappa shape index (κ1) is 21.9. The van der Waals surface area contributed by atoms with Gasteiger partial charge in [0.25, 0.3) is 11.8 Å². The summed E-state index contributed by atoms with van der Waals surface area (Å²) in [6.45, 7) is 0.323. The molecule has 0 bridgehead atoms. The van der Waals surface area contributed by atoms with Crippen LogP contribution in [0.5, 0.6) is 5.75 Å². The summed E-state index contributed by atoms with van der Waals surface area (Å²) in [5.74, 6) is -0.557. The molecule has 158 valence electrons. The zero-order valence-corrected chi connectivity index (χ0v) is 18.2. The Morgan fingerprint density at radius 3 is 2.27 bits per heavy atom. The van der Waals surface area contributed by atoms with Crippen LogP contribution in [0.15, 0.2) is 47.4 Å². The lowest BCUT2D eigenvalue weighted by Gasteiger charge is -2.29. The maximum Gasteiger partial charge on any atom is 0.324 e. The maximum atomic E-state index is 12.7. The average molecular weight is 429 g/mol. The van der Waals surface area contributed by atoms with Gasteiger partial charge in [0, 0.05) is 11.4 Å². The van der Waals surface area contributed by atoms with Crippen LogP contribution < -0.4 is 4.74 Å². The van der Waals surface area contributed by atoms with Crippen molar-refractivity contribution < 1.29 is 23.9 Å². The van der Waals surface area contributed by atoms with Crippen molar-refractivity contribution in [2.45, 2.75) is 17.5 Å². The molecule has 3 rings (SSSR count). The number of nitrogens with zero attached hydrogens (tertiary/aromatic N) is 2. The van der Waals surface area contributed by atoms with Crippen LogP contribution in [-0.2, 0) is 16.1 Å². The number of amides is 2. The molecule has 0 aromatic heterocycles. The van der Waals surface area contributed by atoms with E-state index in [2.05, 4.69) is 0 Å². The molecule has 1 aliphatic rings. The molecular formula is C22H24N2O5S. The van der Waals surface area contributed by atoms with E-state index in [1.165, 1.54) is 7.11 Å². The number of imide groups is 1. The second-order valence-corrected chi connectivity index (χ2v) is 7.76. The molecule has 0 spiro atoms.